The van der Waals surface area contributed by atoms with Crippen LogP contribution in [-0.2, 0) is 12.1 Å². The van der Waals surface area contributed by atoms with E-state index in [1.165, 1.54) is 4.90 Å². The monoisotopic (exact) mass is 512 g/mol. The van der Waals surface area contributed by atoms with Crippen molar-refractivity contribution in [3.8, 4) is 0 Å². The van der Waals surface area contributed by atoms with Gasteiger partial charge in [0.2, 0.25) is 5.95 Å². The number of anilines is 1. The molecule has 0 bridgehead atoms. The number of halogens is 1. The lowest BCUT2D eigenvalue weighted by Gasteiger charge is -2.35. The number of hydrogen-bond acceptors (Lipinski definition) is 5. The number of aromatic nitrogens is 2. The number of aliphatic hydroxyl groups is 1. The van der Waals surface area contributed by atoms with Crippen molar-refractivity contribution < 1.29 is 19.8 Å². The number of imidazole rings is 1. The lowest BCUT2D eigenvalue weighted by molar-refractivity contribution is -0.0492. The summed E-state index contributed by atoms with van der Waals surface area (Å²) in [5, 5.41) is 25.1. The van der Waals surface area contributed by atoms with Crippen LogP contribution in [0.2, 0.25) is 0 Å². The van der Waals surface area contributed by atoms with E-state index >= 15 is 0 Å². The van der Waals surface area contributed by atoms with Crippen LogP contribution in [0.5, 0.6) is 0 Å². The Bertz CT molecular complexity index is 1370. The molecule has 5 rings (SSSR count). The molecule has 10 heteroatoms. The molecule has 1 aliphatic heterocycles. The SMILES string of the molecule is O=C(O)Nc1nc2ccc(C3(O)c4ccccc4C(=O)N3CCc3cc(Br)cs3)cc2[nH]1. The fourth-order valence-electron chi connectivity index (χ4n) is 4.08. The molecule has 2 aromatic carbocycles. The fraction of sp³-hybridized carbons (Fsp3) is 0.136. The maximum absolute atomic E-state index is 13.3. The Kier molecular flexibility index (Phi) is 5.00. The fourth-order valence-corrected chi connectivity index (χ4v) is 5.52. The van der Waals surface area contributed by atoms with Crippen LogP contribution in [0.25, 0.3) is 11.0 Å². The number of nitrogens with one attached hydrogen (secondary N) is 2. The van der Waals surface area contributed by atoms with Gasteiger partial charge in [-0.1, -0.05) is 24.3 Å². The zero-order valence-corrected chi connectivity index (χ0v) is 18.9. The van der Waals surface area contributed by atoms with Gasteiger partial charge in [-0.3, -0.25) is 10.1 Å². The van der Waals surface area contributed by atoms with Gasteiger partial charge >= 0.3 is 6.09 Å². The molecule has 4 aromatic rings. The van der Waals surface area contributed by atoms with Crippen LogP contribution in [0.15, 0.2) is 58.4 Å². The van der Waals surface area contributed by atoms with Gasteiger partial charge in [-0.2, -0.15) is 0 Å². The Labute approximate surface area is 194 Å². The minimum Gasteiger partial charge on any atom is -0.465 e. The first-order valence-corrected chi connectivity index (χ1v) is 11.4. The second-order valence-corrected chi connectivity index (χ2v) is 9.31. The highest BCUT2D eigenvalue weighted by Gasteiger charge is 2.49. The molecular formula is C22H17BrN4O4S. The highest BCUT2D eigenvalue weighted by Crippen LogP contribution is 2.43. The van der Waals surface area contributed by atoms with E-state index in [1.807, 2.05) is 11.4 Å². The summed E-state index contributed by atoms with van der Waals surface area (Å²) in [6.07, 6.45) is -0.637. The Morgan fingerprint density at radius 1 is 1.25 bits per heavy atom. The molecular weight excluding hydrogens is 496 g/mol. The molecule has 2 amide bonds. The summed E-state index contributed by atoms with van der Waals surface area (Å²) in [7, 11) is 0. The number of fused-ring (bicyclic) bond motifs is 2. The van der Waals surface area contributed by atoms with Crippen LogP contribution < -0.4 is 5.32 Å². The van der Waals surface area contributed by atoms with Gasteiger partial charge in [-0.15, -0.1) is 11.3 Å². The second-order valence-electron chi connectivity index (χ2n) is 7.40. The smallest absolute Gasteiger partial charge is 0.411 e. The number of nitrogens with zero attached hydrogens (tertiary/aromatic N) is 2. The van der Waals surface area contributed by atoms with Crippen molar-refractivity contribution in [1.29, 1.82) is 0 Å². The lowest BCUT2D eigenvalue weighted by Crippen LogP contribution is -2.45. The highest BCUT2D eigenvalue weighted by molar-refractivity contribution is 9.10. The number of benzene rings is 2. The van der Waals surface area contributed by atoms with Crippen molar-refractivity contribution in [3.05, 3.63) is 80.0 Å². The molecule has 2 aromatic heterocycles. The number of hydrogen-bond donors (Lipinski definition) is 4. The average molecular weight is 513 g/mol. The Hall–Kier alpha value is -3.21. The summed E-state index contributed by atoms with van der Waals surface area (Å²) in [6.45, 7) is 0.323. The molecule has 1 unspecified atom stereocenters. The summed E-state index contributed by atoms with van der Waals surface area (Å²) in [4.78, 5) is 33.9. The summed E-state index contributed by atoms with van der Waals surface area (Å²) in [6, 6.07) is 14.1. The third-order valence-electron chi connectivity index (χ3n) is 5.48. The number of carbonyl (C=O) groups excluding carboxylic acids is 1. The van der Waals surface area contributed by atoms with Gasteiger partial charge in [-0.05, 0) is 46.6 Å². The van der Waals surface area contributed by atoms with Crippen LogP contribution in [0, 0.1) is 0 Å². The van der Waals surface area contributed by atoms with E-state index in [4.69, 9.17) is 5.11 Å². The summed E-state index contributed by atoms with van der Waals surface area (Å²) < 4.78 is 0.985. The van der Waals surface area contributed by atoms with E-state index in [-0.39, 0.29) is 11.9 Å². The molecule has 3 heterocycles. The Morgan fingerprint density at radius 3 is 2.81 bits per heavy atom. The van der Waals surface area contributed by atoms with Crippen LogP contribution in [0.4, 0.5) is 10.7 Å². The summed E-state index contributed by atoms with van der Waals surface area (Å²) >= 11 is 5.04. The zero-order chi connectivity index (χ0) is 22.5. The van der Waals surface area contributed by atoms with Gasteiger partial charge in [0.25, 0.3) is 5.91 Å². The molecule has 0 saturated carbocycles. The maximum Gasteiger partial charge on any atom is 0.411 e. The molecule has 0 spiro atoms. The van der Waals surface area contributed by atoms with Crippen molar-refractivity contribution in [3.63, 3.8) is 0 Å². The quantitative estimate of drug-likeness (QED) is 0.316. The van der Waals surface area contributed by atoms with E-state index in [2.05, 4.69) is 31.2 Å². The van der Waals surface area contributed by atoms with Crippen LogP contribution in [-0.4, -0.2) is 43.6 Å². The minimum atomic E-state index is -1.66. The van der Waals surface area contributed by atoms with Crippen molar-refractivity contribution in [2.75, 3.05) is 11.9 Å². The van der Waals surface area contributed by atoms with E-state index < -0.39 is 11.8 Å². The van der Waals surface area contributed by atoms with Gasteiger partial charge in [-0.25, -0.2) is 9.78 Å². The predicted molar refractivity (Wildman–Crippen MR) is 124 cm³/mol. The molecule has 32 heavy (non-hydrogen) atoms. The number of rotatable bonds is 5. The highest BCUT2D eigenvalue weighted by atomic mass is 79.9. The largest absolute Gasteiger partial charge is 0.465 e. The third-order valence-corrected chi connectivity index (χ3v) is 7.24. The van der Waals surface area contributed by atoms with Crippen LogP contribution in [0.1, 0.15) is 26.4 Å². The number of thiophene rings is 1. The molecule has 1 atom stereocenters. The molecule has 0 fully saturated rings. The van der Waals surface area contributed by atoms with E-state index in [0.29, 0.717) is 40.7 Å². The van der Waals surface area contributed by atoms with Crippen LogP contribution >= 0.6 is 27.3 Å². The van der Waals surface area contributed by atoms with Crippen molar-refractivity contribution in [2.45, 2.75) is 12.1 Å². The van der Waals surface area contributed by atoms with Crippen LogP contribution in [0.3, 0.4) is 0 Å². The number of amides is 2. The van der Waals surface area contributed by atoms with Gasteiger partial charge in [0.05, 0.1) is 11.0 Å². The maximum atomic E-state index is 13.3. The minimum absolute atomic E-state index is 0.0830. The van der Waals surface area contributed by atoms with Crippen molar-refractivity contribution >= 4 is 56.2 Å². The molecule has 0 saturated heterocycles. The van der Waals surface area contributed by atoms with E-state index in [0.717, 1.165) is 9.35 Å². The number of H-pyrrole nitrogens is 1. The number of carboxylic acid groups (broad SMARTS) is 1. The molecule has 4 N–H and O–H groups in total. The number of carbonyl (C=O) groups is 2. The lowest BCUT2D eigenvalue weighted by atomic mass is 9.93. The normalized spacial score (nSPS) is 17.7. The molecule has 8 nitrogen and oxygen atoms in total. The van der Waals surface area contributed by atoms with Crippen molar-refractivity contribution in [2.24, 2.45) is 0 Å². The Balaban J connectivity index is 1.57. The average Bonchev–Trinajstić information content (AvgIpc) is 3.42. The summed E-state index contributed by atoms with van der Waals surface area (Å²) in [5.41, 5.74) is 0.871. The second kappa shape index (κ2) is 7.73. The third kappa shape index (κ3) is 3.36. The Morgan fingerprint density at radius 2 is 2.06 bits per heavy atom. The molecule has 162 valence electrons. The molecule has 0 aliphatic carbocycles. The van der Waals surface area contributed by atoms with Gasteiger partial charge in [0.15, 0.2) is 5.72 Å². The van der Waals surface area contributed by atoms with E-state index in [1.54, 1.807) is 53.8 Å². The first-order valence-electron chi connectivity index (χ1n) is 9.73. The zero-order valence-electron chi connectivity index (χ0n) is 16.5. The number of aromatic amines is 1. The van der Waals surface area contributed by atoms with Gasteiger partial charge in [0, 0.05) is 38.0 Å². The van der Waals surface area contributed by atoms with Crippen molar-refractivity contribution in [1.82, 2.24) is 14.9 Å². The summed E-state index contributed by atoms with van der Waals surface area (Å²) in [5.74, 6) is -0.156. The first-order chi connectivity index (χ1) is 15.4. The molecule has 1 aliphatic rings. The standard InChI is InChI=1S/C22H17BrN4O4S/c23-13-10-14(32-11-13)7-8-27-19(28)15-3-1-2-4-16(15)22(27,31)12-5-6-17-18(9-12)25-20(24-17)26-21(29)30/h1-6,9-11,31H,7-8H2,(H,29,30)(H2,24,25,26). The van der Waals surface area contributed by atoms with Gasteiger partial charge < -0.3 is 20.1 Å². The van der Waals surface area contributed by atoms with Gasteiger partial charge in [0.1, 0.15) is 0 Å². The molecule has 0 radical (unpaired) electrons. The first kappa shape index (κ1) is 20.7. The predicted octanol–water partition coefficient (Wildman–Crippen LogP) is 4.37. The van der Waals surface area contributed by atoms with E-state index in [9.17, 15) is 14.7 Å². The topological polar surface area (TPSA) is 119 Å².